The smallest absolute Gasteiger partial charge is 0.156 e. The van der Waals surface area contributed by atoms with Crippen molar-refractivity contribution in [3.8, 4) is 11.1 Å². The fourth-order valence-electron chi connectivity index (χ4n) is 1.60. The van der Waals surface area contributed by atoms with E-state index < -0.39 is 0 Å². The van der Waals surface area contributed by atoms with Crippen molar-refractivity contribution in [3.05, 3.63) is 28.4 Å². The van der Waals surface area contributed by atoms with Gasteiger partial charge in [-0.1, -0.05) is 0 Å². The van der Waals surface area contributed by atoms with Crippen LogP contribution in [0.4, 0.5) is 0 Å². The first-order valence-electron chi connectivity index (χ1n) is 4.72. The molecule has 3 heterocycles. The second kappa shape index (κ2) is 3.55. The molecule has 5 nitrogen and oxygen atoms in total. The first-order chi connectivity index (χ1) is 7.74. The molecule has 0 aliphatic carbocycles. The maximum Gasteiger partial charge on any atom is 0.156 e. The molecule has 0 bridgehead atoms. The van der Waals surface area contributed by atoms with Crippen LogP contribution >= 0.6 is 22.6 Å². The number of hydrogen-bond acceptors (Lipinski definition) is 3. The molecule has 80 valence electrons. The minimum atomic E-state index is 0.817. The number of hydrogen-bond donors (Lipinski definition) is 1. The van der Waals surface area contributed by atoms with E-state index in [1.165, 1.54) is 0 Å². The van der Waals surface area contributed by atoms with Crippen molar-refractivity contribution in [2.45, 2.75) is 0 Å². The van der Waals surface area contributed by atoms with Crippen LogP contribution in [0, 0.1) is 3.70 Å². The zero-order valence-electron chi connectivity index (χ0n) is 8.48. The fraction of sp³-hybridized carbons (Fsp3) is 0.100. The summed E-state index contributed by atoms with van der Waals surface area (Å²) in [7, 11) is 1.90. The maximum atomic E-state index is 4.33. The third-order valence-electron chi connectivity index (χ3n) is 2.41. The van der Waals surface area contributed by atoms with Crippen LogP contribution in [-0.4, -0.2) is 25.0 Å². The third-order valence-corrected chi connectivity index (χ3v) is 3.23. The molecule has 0 saturated heterocycles. The average molecular weight is 325 g/mol. The molecule has 6 heteroatoms. The van der Waals surface area contributed by atoms with Crippen molar-refractivity contribution >= 4 is 33.6 Å². The zero-order valence-corrected chi connectivity index (χ0v) is 10.6. The van der Waals surface area contributed by atoms with Gasteiger partial charge in [-0.05, 0) is 28.7 Å². The first kappa shape index (κ1) is 9.76. The Morgan fingerprint density at radius 1 is 1.31 bits per heavy atom. The summed E-state index contributed by atoms with van der Waals surface area (Å²) in [4.78, 5) is 4.33. The van der Waals surface area contributed by atoms with Gasteiger partial charge in [-0.2, -0.15) is 10.2 Å². The van der Waals surface area contributed by atoms with E-state index in [-0.39, 0.29) is 0 Å². The number of aryl methyl sites for hydroxylation is 1. The topological polar surface area (TPSA) is 59.4 Å². The summed E-state index contributed by atoms with van der Waals surface area (Å²) in [6.45, 7) is 0. The highest BCUT2D eigenvalue weighted by Gasteiger charge is 2.07. The molecule has 0 aromatic carbocycles. The number of pyridine rings is 1. The van der Waals surface area contributed by atoms with Gasteiger partial charge in [-0.25, -0.2) is 4.98 Å². The predicted molar refractivity (Wildman–Crippen MR) is 68.8 cm³/mol. The molecule has 3 aromatic heterocycles. The van der Waals surface area contributed by atoms with Crippen molar-refractivity contribution in [3.63, 3.8) is 0 Å². The van der Waals surface area contributed by atoms with Crippen LogP contribution in [0.3, 0.4) is 0 Å². The van der Waals surface area contributed by atoms with Crippen LogP contribution < -0.4 is 0 Å². The van der Waals surface area contributed by atoms with E-state index in [9.17, 15) is 0 Å². The van der Waals surface area contributed by atoms with E-state index in [1.807, 2.05) is 25.6 Å². The average Bonchev–Trinajstić information content (AvgIpc) is 2.86. The van der Waals surface area contributed by atoms with Crippen molar-refractivity contribution in [2.24, 2.45) is 7.05 Å². The molecule has 0 fully saturated rings. The van der Waals surface area contributed by atoms with Gasteiger partial charge in [0.05, 0.1) is 11.6 Å². The third kappa shape index (κ3) is 1.49. The van der Waals surface area contributed by atoms with Gasteiger partial charge >= 0.3 is 0 Å². The molecule has 3 aromatic rings. The van der Waals surface area contributed by atoms with E-state index >= 15 is 0 Å². The summed E-state index contributed by atoms with van der Waals surface area (Å²) < 4.78 is 2.71. The second-order valence-electron chi connectivity index (χ2n) is 3.54. The molecule has 0 saturated carbocycles. The number of H-pyrrole nitrogens is 1. The quantitative estimate of drug-likeness (QED) is 0.696. The molecule has 0 unspecified atom stereocenters. The fourth-order valence-corrected chi connectivity index (χ4v) is 2.13. The highest BCUT2D eigenvalue weighted by atomic mass is 127. The summed E-state index contributed by atoms with van der Waals surface area (Å²) in [5.41, 5.74) is 2.94. The number of fused-ring (bicyclic) bond motifs is 1. The molecule has 1 N–H and O–H groups in total. The molecule has 0 amide bonds. The second-order valence-corrected chi connectivity index (χ2v) is 4.56. The van der Waals surface area contributed by atoms with Crippen molar-refractivity contribution in [1.29, 1.82) is 0 Å². The van der Waals surface area contributed by atoms with Crippen LogP contribution in [0.5, 0.6) is 0 Å². The molecule has 0 radical (unpaired) electrons. The van der Waals surface area contributed by atoms with Gasteiger partial charge in [0, 0.05) is 30.6 Å². The largest absolute Gasteiger partial charge is 0.275 e. The maximum absolute atomic E-state index is 4.33. The molecule has 0 aliphatic rings. The van der Waals surface area contributed by atoms with Crippen LogP contribution in [0.1, 0.15) is 0 Å². The molecular weight excluding hydrogens is 317 g/mol. The SMILES string of the molecule is Cn1cc(-c2cnc3[nH]nc(I)c3c2)cn1. The molecule has 16 heavy (non-hydrogen) atoms. The van der Waals surface area contributed by atoms with E-state index in [0.717, 1.165) is 25.9 Å². The summed E-state index contributed by atoms with van der Waals surface area (Å²) in [6, 6.07) is 2.07. The van der Waals surface area contributed by atoms with Crippen LogP contribution in [-0.2, 0) is 7.05 Å². The molecule has 0 atom stereocenters. The Balaban J connectivity index is 2.21. The lowest BCUT2D eigenvalue weighted by molar-refractivity contribution is 0.768. The minimum absolute atomic E-state index is 0.817. The zero-order chi connectivity index (χ0) is 11.1. The standard InChI is InChI=1S/C10H8IN5/c1-16-5-7(4-13-16)6-2-8-9(11)14-15-10(8)12-3-6/h2-5H,1H3,(H,12,14,15). The van der Waals surface area contributed by atoms with Gasteiger partial charge < -0.3 is 0 Å². The number of aromatic amines is 1. The lowest BCUT2D eigenvalue weighted by Crippen LogP contribution is -1.84. The Hall–Kier alpha value is -1.44. The Bertz CT molecular complexity index is 654. The first-order valence-corrected chi connectivity index (χ1v) is 5.80. The summed E-state index contributed by atoms with van der Waals surface area (Å²) in [6.07, 6.45) is 5.62. The van der Waals surface area contributed by atoms with E-state index in [4.69, 9.17) is 0 Å². The summed E-state index contributed by atoms with van der Waals surface area (Å²) in [5, 5.41) is 12.2. The summed E-state index contributed by atoms with van der Waals surface area (Å²) in [5.74, 6) is 0. The molecule has 3 rings (SSSR count). The van der Waals surface area contributed by atoms with Crippen molar-refractivity contribution < 1.29 is 0 Å². The lowest BCUT2D eigenvalue weighted by Gasteiger charge is -1.96. The number of nitrogens with one attached hydrogen (secondary N) is 1. The van der Waals surface area contributed by atoms with Gasteiger partial charge in [0.15, 0.2) is 5.65 Å². The molecule has 0 aliphatic heterocycles. The minimum Gasteiger partial charge on any atom is -0.275 e. The van der Waals surface area contributed by atoms with E-state index in [1.54, 1.807) is 4.68 Å². The van der Waals surface area contributed by atoms with E-state index in [2.05, 4.69) is 48.9 Å². The van der Waals surface area contributed by atoms with Gasteiger partial charge in [0.2, 0.25) is 0 Å². The lowest BCUT2D eigenvalue weighted by atomic mass is 10.1. The number of aromatic nitrogens is 5. The number of halogens is 1. The van der Waals surface area contributed by atoms with E-state index in [0.29, 0.717) is 0 Å². The Labute approximate surface area is 105 Å². The Morgan fingerprint density at radius 3 is 2.94 bits per heavy atom. The van der Waals surface area contributed by atoms with Gasteiger partial charge in [-0.3, -0.25) is 9.78 Å². The van der Waals surface area contributed by atoms with Gasteiger partial charge in [0.25, 0.3) is 0 Å². The van der Waals surface area contributed by atoms with Crippen LogP contribution in [0.2, 0.25) is 0 Å². The monoisotopic (exact) mass is 325 g/mol. The van der Waals surface area contributed by atoms with Crippen molar-refractivity contribution in [2.75, 3.05) is 0 Å². The highest BCUT2D eigenvalue weighted by Crippen LogP contribution is 2.23. The Kier molecular flexibility index (Phi) is 2.16. The Morgan fingerprint density at radius 2 is 2.19 bits per heavy atom. The normalized spacial score (nSPS) is 11.1. The highest BCUT2D eigenvalue weighted by molar-refractivity contribution is 14.1. The molecule has 0 spiro atoms. The van der Waals surface area contributed by atoms with Crippen LogP contribution in [0.25, 0.3) is 22.2 Å². The van der Waals surface area contributed by atoms with Gasteiger partial charge in [0.1, 0.15) is 3.70 Å². The number of nitrogens with zero attached hydrogens (tertiary/aromatic N) is 4. The van der Waals surface area contributed by atoms with Crippen LogP contribution in [0.15, 0.2) is 24.7 Å². The predicted octanol–water partition coefficient (Wildman–Crippen LogP) is 1.96. The summed E-state index contributed by atoms with van der Waals surface area (Å²) >= 11 is 2.19. The number of rotatable bonds is 1. The molecular formula is C10H8IN5. The van der Waals surface area contributed by atoms with Crippen molar-refractivity contribution in [1.82, 2.24) is 25.0 Å². The van der Waals surface area contributed by atoms with Gasteiger partial charge in [-0.15, -0.1) is 0 Å².